The van der Waals surface area contributed by atoms with Crippen LogP contribution in [0.5, 0.6) is 0 Å². The summed E-state index contributed by atoms with van der Waals surface area (Å²) in [4.78, 5) is 12.5. The molecule has 0 aliphatic rings. The molecule has 0 bridgehead atoms. The number of ketones is 1. The van der Waals surface area contributed by atoms with Gasteiger partial charge in [0.1, 0.15) is 5.92 Å². The van der Waals surface area contributed by atoms with Crippen molar-refractivity contribution in [3.63, 3.8) is 0 Å². The van der Waals surface area contributed by atoms with Gasteiger partial charge in [0.15, 0.2) is 5.78 Å². The molecule has 0 aromatic heterocycles. The van der Waals surface area contributed by atoms with Crippen molar-refractivity contribution in [1.82, 2.24) is 0 Å². The number of hydrogen-bond acceptors (Lipinski definition) is 2. The third-order valence-corrected chi connectivity index (χ3v) is 3.89. The lowest BCUT2D eigenvalue weighted by Gasteiger charge is -2.10. The van der Waals surface area contributed by atoms with Crippen LogP contribution in [0.1, 0.15) is 21.8 Å². The zero-order valence-electron chi connectivity index (χ0n) is 9.81. The van der Waals surface area contributed by atoms with Crippen LogP contribution in [0.3, 0.4) is 0 Å². The van der Waals surface area contributed by atoms with E-state index in [-0.39, 0.29) is 5.78 Å². The van der Waals surface area contributed by atoms with E-state index in [4.69, 9.17) is 11.6 Å². The summed E-state index contributed by atoms with van der Waals surface area (Å²) < 4.78 is 0.795. The van der Waals surface area contributed by atoms with E-state index in [1.165, 1.54) is 0 Å². The molecular weight excluding hydrogens is 373 g/mol. The van der Waals surface area contributed by atoms with E-state index in [1.54, 1.807) is 30.3 Å². The van der Waals surface area contributed by atoms with Crippen LogP contribution in [0.2, 0.25) is 5.02 Å². The molecule has 0 saturated carbocycles. The van der Waals surface area contributed by atoms with Crippen LogP contribution in [0, 0.1) is 14.9 Å². The minimum Gasteiger partial charge on any atom is -0.292 e. The van der Waals surface area contributed by atoms with Crippen LogP contribution in [-0.4, -0.2) is 5.78 Å². The Morgan fingerprint density at radius 3 is 2.53 bits per heavy atom. The Morgan fingerprint density at radius 1 is 1.21 bits per heavy atom. The van der Waals surface area contributed by atoms with Gasteiger partial charge in [-0.2, -0.15) is 5.26 Å². The van der Waals surface area contributed by atoms with E-state index in [2.05, 4.69) is 28.7 Å². The fourth-order valence-corrected chi connectivity index (χ4v) is 2.55. The van der Waals surface area contributed by atoms with Crippen molar-refractivity contribution >= 4 is 40.0 Å². The van der Waals surface area contributed by atoms with Gasteiger partial charge in [-0.1, -0.05) is 41.9 Å². The molecule has 2 aromatic rings. The first kappa shape index (κ1) is 14.0. The number of benzene rings is 2. The minimum atomic E-state index is -0.798. The number of Topliss-reactive ketones (excluding diaryl/α,β-unsaturated/α-hetero) is 1. The van der Waals surface area contributed by atoms with Crippen LogP contribution < -0.4 is 0 Å². The number of carbonyl (C=O) groups is 1. The van der Waals surface area contributed by atoms with Gasteiger partial charge in [0.2, 0.25) is 0 Å². The first-order valence-electron chi connectivity index (χ1n) is 5.57. The van der Waals surface area contributed by atoms with Gasteiger partial charge < -0.3 is 0 Å². The molecule has 1 atom stereocenters. The normalized spacial score (nSPS) is 11.6. The highest BCUT2D eigenvalue weighted by Gasteiger charge is 2.23. The van der Waals surface area contributed by atoms with Crippen molar-refractivity contribution < 1.29 is 4.79 Å². The van der Waals surface area contributed by atoms with Gasteiger partial charge in [0, 0.05) is 14.2 Å². The van der Waals surface area contributed by atoms with E-state index in [0.717, 1.165) is 3.57 Å². The van der Waals surface area contributed by atoms with Gasteiger partial charge in [-0.15, -0.1) is 0 Å². The highest BCUT2D eigenvalue weighted by atomic mass is 127. The maximum atomic E-state index is 12.5. The molecule has 0 fully saturated rings. The summed E-state index contributed by atoms with van der Waals surface area (Å²) >= 11 is 7.99. The number of rotatable bonds is 3. The highest BCUT2D eigenvalue weighted by molar-refractivity contribution is 14.1. The highest BCUT2D eigenvalue weighted by Crippen LogP contribution is 2.25. The maximum absolute atomic E-state index is 12.5. The topological polar surface area (TPSA) is 40.9 Å². The molecule has 2 nitrogen and oxygen atoms in total. The van der Waals surface area contributed by atoms with Crippen molar-refractivity contribution in [2.45, 2.75) is 5.92 Å². The molecule has 4 heteroatoms. The van der Waals surface area contributed by atoms with Crippen LogP contribution in [0.15, 0.2) is 48.5 Å². The average Bonchev–Trinajstić information content (AvgIpc) is 2.43. The molecule has 0 saturated heterocycles. The molecule has 94 valence electrons. The zero-order chi connectivity index (χ0) is 13.8. The largest absolute Gasteiger partial charge is 0.292 e. The molecule has 0 aliphatic carbocycles. The molecule has 0 aliphatic heterocycles. The summed E-state index contributed by atoms with van der Waals surface area (Å²) in [7, 11) is 0. The second-order valence-corrected chi connectivity index (χ2v) is 5.56. The summed E-state index contributed by atoms with van der Waals surface area (Å²) in [6, 6.07) is 16.2. The van der Waals surface area contributed by atoms with Gasteiger partial charge in [-0.25, -0.2) is 0 Å². The molecule has 2 rings (SSSR count). The first-order chi connectivity index (χ1) is 9.13. The number of halogens is 2. The second-order valence-electron chi connectivity index (χ2n) is 3.96. The van der Waals surface area contributed by atoms with Crippen molar-refractivity contribution in [1.29, 1.82) is 5.26 Å². The molecule has 0 radical (unpaired) electrons. The van der Waals surface area contributed by atoms with Gasteiger partial charge in [-0.3, -0.25) is 4.79 Å². The number of hydrogen-bond donors (Lipinski definition) is 0. The van der Waals surface area contributed by atoms with Gasteiger partial charge in [0.05, 0.1) is 6.07 Å². The summed E-state index contributed by atoms with van der Waals surface area (Å²) in [5, 5.41) is 9.76. The fraction of sp³-hybridized carbons (Fsp3) is 0.0667. The lowest BCUT2D eigenvalue weighted by atomic mass is 9.92. The van der Waals surface area contributed by atoms with Crippen molar-refractivity contribution in [2.75, 3.05) is 0 Å². The van der Waals surface area contributed by atoms with Crippen molar-refractivity contribution in [3.8, 4) is 6.07 Å². The van der Waals surface area contributed by atoms with Gasteiger partial charge in [-0.05, 0) is 46.4 Å². The Bertz CT molecular complexity index is 649. The lowest BCUT2D eigenvalue weighted by molar-refractivity contribution is 0.0978. The molecular formula is C15H9ClINO. The van der Waals surface area contributed by atoms with E-state index in [1.807, 2.05) is 18.2 Å². The van der Waals surface area contributed by atoms with Crippen LogP contribution in [-0.2, 0) is 0 Å². The molecule has 0 heterocycles. The molecule has 0 spiro atoms. The first-order valence-corrected chi connectivity index (χ1v) is 7.03. The van der Waals surface area contributed by atoms with Gasteiger partial charge >= 0.3 is 0 Å². The van der Waals surface area contributed by atoms with E-state index in [9.17, 15) is 10.1 Å². The van der Waals surface area contributed by atoms with E-state index < -0.39 is 5.92 Å². The average molecular weight is 382 g/mol. The Kier molecular flexibility index (Phi) is 4.56. The summed E-state index contributed by atoms with van der Waals surface area (Å²) in [6.45, 7) is 0. The minimum absolute atomic E-state index is 0.222. The Morgan fingerprint density at radius 2 is 1.89 bits per heavy atom. The molecule has 2 aromatic carbocycles. The summed E-state index contributed by atoms with van der Waals surface area (Å²) in [5.41, 5.74) is 1.19. The molecule has 1 unspecified atom stereocenters. The Balaban J connectivity index is 2.43. The number of nitriles is 1. The lowest BCUT2D eigenvalue weighted by Crippen LogP contribution is -2.12. The zero-order valence-corrected chi connectivity index (χ0v) is 12.7. The predicted molar refractivity (Wildman–Crippen MR) is 83.3 cm³/mol. The Labute approximate surface area is 130 Å². The number of nitrogens with zero attached hydrogens (tertiary/aromatic N) is 1. The molecule has 0 N–H and O–H groups in total. The van der Waals surface area contributed by atoms with Crippen LogP contribution in [0.4, 0.5) is 0 Å². The van der Waals surface area contributed by atoms with Crippen LogP contribution in [0.25, 0.3) is 0 Å². The molecule has 0 amide bonds. The van der Waals surface area contributed by atoms with E-state index >= 15 is 0 Å². The second kappa shape index (κ2) is 6.18. The number of carbonyl (C=O) groups excluding carboxylic acids is 1. The van der Waals surface area contributed by atoms with E-state index in [0.29, 0.717) is 16.1 Å². The smallest absolute Gasteiger partial charge is 0.185 e. The van der Waals surface area contributed by atoms with Crippen molar-refractivity contribution in [2.24, 2.45) is 0 Å². The quantitative estimate of drug-likeness (QED) is 0.583. The maximum Gasteiger partial charge on any atom is 0.185 e. The standard InChI is InChI=1S/C15H9ClINO/c16-11-6-7-14(17)12(8-11)15(19)13(9-18)10-4-2-1-3-5-10/h1-8,13H. The summed E-state index contributed by atoms with van der Waals surface area (Å²) in [6.07, 6.45) is 0. The monoisotopic (exact) mass is 381 g/mol. The third kappa shape index (κ3) is 3.14. The van der Waals surface area contributed by atoms with Crippen LogP contribution >= 0.6 is 34.2 Å². The Hall–Kier alpha value is -1.38. The third-order valence-electron chi connectivity index (χ3n) is 2.72. The summed E-state index contributed by atoms with van der Waals surface area (Å²) in [5.74, 6) is -1.02. The van der Waals surface area contributed by atoms with Gasteiger partial charge in [0.25, 0.3) is 0 Å². The van der Waals surface area contributed by atoms with Crippen molar-refractivity contribution in [3.05, 3.63) is 68.3 Å². The predicted octanol–water partition coefficient (Wildman–Crippen LogP) is 4.43. The molecule has 19 heavy (non-hydrogen) atoms. The SMILES string of the molecule is N#CC(C(=O)c1cc(Cl)ccc1I)c1ccccc1. The fourth-order valence-electron chi connectivity index (χ4n) is 1.77.